The van der Waals surface area contributed by atoms with Crippen LogP contribution in [0.3, 0.4) is 0 Å². The number of amides is 2. The number of ether oxygens (including phenoxy) is 2. The molecule has 2 atom stereocenters. The lowest BCUT2D eigenvalue weighted by atomic mass is 9.81. The van der Waals surface area contributed by atoms with Gasteiger partial charge >= 0.3 is 6.18 Å². The number of carbonyl (C=O) groups excluding carboxylic acids is 2. The number of hydrogen-bond donors (Lipinski definition) is 3. The van der Waals surface area contributed by atoms with Crippen molar-refractivity contribution < 1.29 is 41.7 Å². The molecule has 0 radical (unpaired) electrons. The molecule has 45 heavy (non-hydrogen) atoms. The van der Waals surface area contributed by atoms with Crippen LogP contribution in [-0.4, -0.2) is 58.1 Å². The molecule has 1 saturated carbocycles. The molecular formula is C30H26ClF4N5O5. The summed E-state index contributed by atoms with van der Waals surface area (Å²) < 4.78 is 72.0. The molecule has 1 unspecified atom stereocenters. The third-order valence-electron chi connectivity index (χ3n) is 8.19. The van der Waals surface area contributed by atoms with Crippen LogP contribution in [0, 0.1) is 5.82 Å². The highest BCUT2D eigenvalue weighted by molar-refractivity contribution is 6.30. The SMILES string of the molecule is COc1cc(C(=O)NCC(O)(c2cc3c(c(-c4cc(Cl)ccc4F)n2)OC[C@]3(C)C(N)=O)C(F)(F)F)cc2cn(C3CC3)nc12. The van der Waals surface area contributed by atoms with Crippen molar-refractivity contribution in [3.63, 3.8) is 0 Å². The number of methoxy groups -OCH3 is 1. The molecule has 2 aliphatic rings. The molecule has 10 nitrogen and oxygen atoms in total. The number of primary amides is 1. The zero-order valence-electron chi connectivity index (χ0n) is 23.8. The van der Waals surface area contributed by atoms with Gasteiger partial charge in [-0.1, -0.05) is 11.6 Å². The molecular weight excluding hydrogens is 622 g/mol. The number of benzene rings is 2. The van der Waals surface area contributed by atoms with Crippen molar-refractivity contribution in [1.29, 1.82) is 0 Å². The topological polar surface area (TPSA) is 142 Å². The minimum atomic E-state index is -5.42. The summed E-state index contributed by atoms with van der Waals surface area (Å²) in [6, 6.07) is 7.18. The Morgan fingerprint density at radius 1 is 1.24 bits per heavy atom. The number of carbonyl (C=O) groups is 2. The molecule has 3 heterocycles. The number of pyridine rings is 1. The van der Waals surface area contributed by atoms with Gasteiger partial charge in [0.2, 0.25) is 11.5 Å². The summed E-state index contributed by atoms with van der Waals surface area (Å²) in [7, 11) is 1.37. The maximum atomic E-state index is 15.0. The average molecular weight is 648 g/mol. The lowest BCUT2D eigenvalue weighted by Crippen LogP contribution is -2.51. The molecule has 15 heteroatoms. The molecule has 6 rings (SSSR count). The van der Waals surface area contributed by atoms with Gasteiger partial charge in [0.25, 0.3) is 5.91 Å². The van der Waals surface area contributed by atoms with E-state index in [1.54, 1.807) is 10.9 Å². The van der Waals surface area contributed by atoms with Crippen LogP contribution in [0.1, 0.15) is 47.4 Å². The first-order valence-electron chi connectivity index (χ1n) is 13.7. The van der Waals surface area contributed by atoms with Gasteiger partial charge in [0.05, 0.1) is 25.4 Å². The first-order valence-corrected chi connectivity index (χ1v) is 14.1. The molecule has 0 bridgehead atoms. The monoisotopic (exact) mass is 647 g/mol. The van der Waals surface area contributed by atoms with Crippen molar-refractivity contribution in [2.24, 2.45) is 5.73 Å². The second-order valence-electron chi connectivity index (χ2n) is 11.3. The zero-order chi connectivity index (χ0) is 32.5. The van der Waals surface area contributed by atoms with Crippen molar-refractivity contribution in [2.45, 2.75) is 43.0 Å². The summed E-state index contributed by atoms with van der Waals surface area (Å²) in [5, 5.41) is 18.5. The van der Waals surface area contributed by atoms with E-state index in [1.165, 1.54) is 32.2 Å². The molecule has 1 aliphatic heterocycles. The van der Waals surface area contributed by atoms with Crippen molar-refractivity contribution in [3.8, 4) is 22.8 Å². The number of hydrogen-bond acceptors (Lipinski definition) is 7. The number of aliphatic hydroxyl groups is 1. The Kier molecular flexibility index (Phi) is 7.20. The normalized spacial score (nSPS) is 19.1. The molecule has 0 spiro atoms. The van der Waals surface area contributed by atoms with Gasteiger partial charge in [-0.2, -0.15) is 18.3 Å². The third kappa shape index (κ3) is 5.11. The average Bonchev–Trinajstić information content (AvgIpc) is 3.66. The molecule has 2 aromatic heterocycles. The van der Waals surface area contributed by atoms with E-state index in [9.17, 15) is 32.3 Å². The van der Waals surface area contributed by atoms with Gasteiger partial charge in [-0.25, -0.2) is 9.37 Å². The largest absolute Gasteiger partial charge is 0.494 e. The van der Waals surface area contributed by atoms with Crippen molar-refractivity contribution in [3.05, 3.63) is 70.3 Å². The third-order valence-corrected chi connectivity index (χ3v) is 8.43. The van der Waals surface area contributed by atoms with Crippen LogP contribution in [-0.2, 0) is 15.8 Å². The second-order valence-corrected chi connectivity index (χ2v) is 11.8. The van der Waals surface area contributed by atoms with E-state index in [0.717, 1.165) is 31.0 Å². The number of nitrogens with two attached hydrogens (primary N) is 1. The van der Waals surface area contributed by atoms with Crippen molar-refractivity contribution in [2.75, 3.05) is 20.3 Å². The molecule has 4 aromatic rings. The lowest BCUT2D eigenvalue weighted by molar-refractivity contribution is -0.265. The van der Waals surface area contributed by atoms with Gasteiger partial charge < -0.3 is 25.6 Å². The van der Waals surface area contributed by atoms with Crippen LogP contribution in [0.15, 0.2) is 42.6 Å². The highest BCUT2D eigenvalue weighted by Crippen LogP contribution is 2.48. The molecule has 1 aliphatic carbocycles. The van der Waals surface area contributed by atoms with E-state index < -0.39 is 52.8 Å². The smallest absolute Gasteiger partial charge is 0.424 e. The Morgan fingerprint density at radius 2 is 1.98 bits per heavy atom. The van der Waals surface area contributed by atoms with Crippen LogP contribution in [0.4, 0.5) is 17.6 Å². The zero-order valence-corrected chi connectivity index (χ0v) is 24.6. The van der Waals surface area contributed by atoms with Crippen LogP contribution in [0.5, 0.6) is 11.5 Å². The summed E-state index contributed by atoms with van der Waals surface area (Å²) in [6.45, 7) is -0.429. The Balaban J connectivity index is 1.42. The summed E-state index contributed by atoms with van der Waals surface area (Å²) in [5.74, 6) is -2.75. The molecule has 2 aromatic carbocycles. The minimum Gasteiger partial charge on any atom is -0.494 e. The van der Waals surface area contributed by atoms with Crippen LogP contribution < -0.4 is 20.5 Å². The highest BCUT2D eigenvalue weighted by Gasteiger charge is 2.58. The molecule has 1 fully saturated rings. The number of nitrogens with zero attached hydrogens (tertiary/aromatic N) is 3. The fraction of sp³-hybridized carbons (Fsp3) is 0.333. The summed E-state index contributed by atoms with van der Waals surface area (Å²) in [6.07, 6.45) is -1.79. The maximum Gasteiger partial charge on any atom is 0.424 e. The number of aromatic nitrogens is 3. The van der Waals surface area contributed by atoms with Gasteiger partial charge in [0.15, 0.2) is 0 Å². The predicted molar refractivity (Wildman–Crippen MR) is 154 cm³/mol. The Hall–Kier alpha value is -4.43. The van der Waals surface area contributed by atoms with E-state index in [1.807, 2.05) is 0 Å². The Bertz CT molecular complexity index is 1880. The second kappa shape index (κ2) is 10.6. The number of nitrogens with one attached hydrogen (secondary N) is 1. The minimum absolute atomic E-state index is 0.0384. The first-order chi connectivity index (χ1) is 21.2. The standard InChI is InChI=1S/C30H26ClF4N5O5/c1-28(27(36)42)13-45-25-19(28)10-22(38-24(25)18-9-16(31)3-6-20(18)32)29(43,30(33,34)35)12-37-26(41)14-7-15-11-40(17-4-5-17)39-23(15)21(8-14)44-2/h3,6-11,17,43H,4-5,12-13H2,1-2H3,(H2,36,42)(H,37,41)/t28-,29?/m0/s1. The quantitative estimate of drug-likeness (QED) is 0.238. The van der Waals surface area contributed by atoms with Crippen LogP contribution >= 0.6 is 11.6 Å². The van der Waals surface area contributed by atoms with Gasteiger partial charge in [-0.05, 0) is 56.2 Å². The summed E-state index contributed by atoms with van der Waals surface area (Å²) in [4.78, 5) is 29.7. The fourth-order valence-electron chi connectivity index (χ4n) is 5.24. The maximum absolute atomic E-state index is 15.0. The van der Waals surface area contributed by atoms with E-state index in [4.69, 9.17) is 26.8 Å². The van der Waals surface area contributed by atoms with Crippen LogP contribution in [0.25, 0.3) is 22.2 Å². The predicted octanol–water partition coefficient (Wildman–Crippen LogP) is 4.55. The Labute approximate surface area is 258 Å². The first kappa shape index (κ1) is 30.6. The van der Waals surface area contributed by atoms with Gasteiger partial charge in [-0.15, -0.1) is 0 Å². The molecule has 4 N–H and O–H groups in total. The van der Waals surface area contributed by atoms with Gasteiger partial charge in [-0.3, -0.25) is 14.3 Å². The van der Waals surface area contributed by atoms with E-state index in [0.29, 0.717) is 10.9 Å². The van der Waals surface area contributed by atoms with E-state index in [-0.39, 0.29) is 45.9 Å². The van der Waals surface area contributed by atoms with Crippen molar-refractivity contribution >= 4 is 34.3 Å². The van der Waals surface area contributed by atoms with Gasteiger partial charge in [0.1, 0.15) is 40.5 Å². The van der Waals surface area contributed by atoms with Crippen LogP contribution in [0.2, 0.25) is 5.02 Å². The Morgan fingerprint density at radius 3 is 2.62 bits per heavy atom. The number of halogens is 5. The lowest BCUT2D eigenvalue weighted by Gasteiger charge is -2.31. The van der Waals surface area contributed by atoms with Crippen molar-refractivity contribution in [1.82, 2.24) is 20.1 Å². The van der Waals surface area contributed by atoms with E-state index in [2.05, 4.69) is 15.4 Å². The molecule has 236 valence electrons. The summed E-state index contributed by atoms with van der Waals surface area (Å²) in [5.41, 5.74) is -1.39. The molecule has 2 amide bonds. The molecule has 0 saturated heterocycles. The van der Waals surface area contributed by atoms with E-state index >= 15 is 0 Å². The number of rotatable bonds is 8. The number of fused-ring (bicyclic) bond motifs is 2. The fourth-order valence-corrected chi connectivity index (χ4v) is 5.41. The number of alkyl halides is 3. The van der Waals surface area contributed by atoms with Gasteiger partial charge in [0, 0.05) is 33.3 Å². The summed E-state index contributed by atoms with van der Waals surface area (Å²) >= 11 is 6.05. The highest BCUT2D eigenvalue weighted by atomic mass is 35.5.